The van der Waals surface area contributed by atoms with E-state index in [2.05, 4.69) is 10.3 Å². The normalized spacial score (nSPS) is 11.8. The van der Waals surface area contributed by atoms with Crippen molar-refractivity contribution in [3.8, 4) is 0 Å². The summed E-state index contributed by atoms with van der Waals surface area (Å²) in [6, 6.07) is 7.84. The highest BCUT2D eigenvalue weighted by Gasteiger charge is 2.22. The van der Waals surface area contributed by atoms with Crippen molar-refractivity contribution < 1.29 is 29.4 Å². The average Bonchev–Trinajstić information content (AvgIpc) is 2.45. The Kier molecular flexibility index (Phi) is 7.26. The number of carbonyl (C=O) groups is 2. The van der Waals surface area contributed by atoms with Crippen LogP contribution in [0.1, 0.15) is 12.0 Å². The minimum absolute atomic E-state index is 0.0666. The van der Waals surface area contributed by atoms with Gasteiger partial charge in [0.1, 0.15) is 12.6 Å². The molecule has 0 bridgehead atoms. The summed E-state index contributed by atoms with van der Waals surface area (Å²) in [6.07, 6.45) is -0.367. The van der Waals surface area contributed by atoms with E-state index in [4.69, 9.17) is 14.9 Å². The fourth-order valence-electron chi connectivity index (χ4n) is 1.35. The highest BCUT2D eigenvalue weighted by molar-refractivity contribution is 5.81. The van der Waals surface area contributed by atoms with Crippen molar-refractivity contribution in [2.24, 2.45) is 0 Å². The Balaban J connectivity index is 2.36. The molecule has 110 valence electrons. The second-order valence-corrected chi connectivity index (χ2v) is 3.93. The van der Waals surface area contributed by atoms with E-state index in [-0.39, 0.29) is 26.2 Å². The molecule has 7 heteroatoms. The summed E-state index contributed by atoms with van der Waals surface area (Å²) in [7, 11) is 0. The van der Waals surface area contributed by atoms with Crippen LogP contribution in [0, 0.1) is 0 Å². The van der Waals surface area contributed by atoms with E-state index in [9.17, 15) is 9.59 Å². The number of hydrogen-bond acceptors (Lipinski definition) is 6. The van der Waals surface area contributed by atoms with Crippen molar-refractivity contribution in [2.45, 2.75) is 19.1 Å². The summed E-state index contributed by atoms with van der Waals surface area (Å²) in [5.74, 6) is -1.89. The van der Waals surface area contributed by atoms with Crippen LogP contribution in [0.5, 0.6) is 0 Å². The number of carbonyl (C=O) groups excluding carboxylic acids is 1. The lowest BCUT2D eigenvalue weighted by Gasteiger charge is -2.13. The lowest BCUT2D eigenvalue weighted by atomic mass is 10.2. The molecule has 3 N–H and O–H groups in total. The van der Waals surface area contributed by atoms with Crippen molar-refractivity contribution in [2.75, 3.05) is 13.2 Å². The first-order chi connectivity index (χ1) is 9.63. The van der Waals surface area contributed by atoms with Crippen molar-refractivity contribution in [1.82, 2.24) is 5.48 Å². The molecule has 0 amide bonds. The summed E-state index contributed by atoms with van der Waals surface area (Å²) in [6.45, 7) is -0.232. The Bertz CT molecular complexity index is 422. The van der Waals surface area contributed by atoms with Crippen LogP contribution in [0.15, 0.2) is 30.3 Å². The van der Waals surface area contributed by atoms with Gasteiger partial charge in [-0.15, -0.1) is 0 Å². The molecule has 0 heterocycles. The Morgan fingerprint density at radius 1 is 1.25 bits per heavy atom. The maximum atomic E-state index is 11.5. The van der Waals surface area contributed by atoms with Gasteiger partial charge in [0.2, 0.25) is 0 Å². The monoisotopic (exact) mass is 283 g/mol. The van der Waals surface area contributed by atoms with Crippen LogP contribution in [0.3, 0.4) is 0 Å². The zero-order valence-corrected chi connectivity index (χ0v) is 10.8. The van der Waals surface area contributed by atoms with Crippen LogP contribution in [0.4, 0.5) is 0 Å². The molecule has 1 aromatic carbocycles. The van der Waals surface area contributed by atoms with E-state index in [1.54, 1.807) is 12.1 Å². The third-order valence-corrected chi connectivity index (χ3v) is 2.33. The minimum Gasteiger partial charge on any atom is -0.480 e. The Morgan fingerprint density at radius 2 is 1.95 bits per heavy atom. The summed E-state index contributed by atoms with van der Waals surface area (Å²) in [4.78, 5) is 27.1. The van der Waals surface area contributed by atoms with E-state index in [0.29, 0.717) is 0 Å². The fraction of sp³-hybridized carbons (Fsp3) is 0.385. The lowest BCUT2D eigenvalue weighted by Crippen LogP contribution is -2.39. The Labute approximate surface area is 116 Å². The van der Waals surface area contributed by atoms with E-state index in [1.807, 2.05) is 18.2 Å². The predicted octanol–water partition coefficient (Wildman–Crippen LogP) is 0.0866. The number of ether oxygens (including phenoxy) is 1. The molecule has 1 atom stereocenters. The zero-order chi connectivity index (χ0) is 14.8. The van der Waals surface area contributed by atoms with Gasteiger partial charge in [-0.25, -0.2) is 0 Å². The van der Waals surface area contributed by atoms with Gasteiger partial charge >= 0.3 is 11.9 Å². The molecule has 0 unspecified atom stereocenters. The molecule has 1 rings (SSSR count). The summed E-state index contributed by atoms with van der Waals surface area (Å²) in [5.41, 5.74) is 3.01. The number of esters is 1. The van der Waals surface area contributed by atoms with Gasteiger partial charge in [0.05, 0.1) is 19.6 Å². The SMILES string of the molecule is O=C(C[C@H](NOCCO)C(=O)O)OCc1ccccc1. The molecule has 0 saturated heterocycles. The third-order valence-electron chi connectivity index (χ3n) is 2.33. The van der Waals surface area contributed by atoms with Crippen LogP contribution >= 0.6 is 0 Å². The molecule has 0 aliphatic rings. The van der Waals surface area contributed by atoms with E-state index in [1.165, 1.54) is 0 Å². The van der Waals surface area contributed by atoms with Gasteiger partial charge < -0.3 is 14.9 Å². The average molecular weight is 283 g/mol. The van der Waals surface area contributed by atoms with Crippen molar-refractivity contribution in [3.63, 3.8) is 0 Å². The van der Waals surface area contributed by atoms with Gasteiger partial charge in [-0.05, 0) is 5.56 Å². The summed E-state index contributed by atoms with van der Waals surface area (Å²) in [5, 5.41) is 17.4. The first-order valence-corrected chi connectivity index (χ1v) is 6.04. The van der Waals surface area contributed by atoms with Gasteiger partial charge in [0.25, 0.3) is 0 Å². The molecule has 0 aliphatic carbocycles. The molecule has 7 nitrogen and oxygen atoms in total. The number of hydroxylamine groups is 1. The molecule has 0 fully saturated rings. The molecule has 0 aliphatic heterocycles. The standard InChI is InChI=1S/C13H17NO6/c15-6-7-20-14-11(13(17)18)8-12(16)19-9-10-4-2-1-3-5-10/h1-5,11,14-15H,6-9H2,(H,17,18)/t11-/m0/s1. The minimum atomic E-state index is -1.24. The summed E-state index contributed by atoms with van der Waals surface area (Å²) < 4.78 is 4.97. The number of benzene rings is 1. The van der Waals surface area contributed by atoms with E-state index < -0.39 is 18.0 Å². The number of aliphatic hydroxyl groups is 1. The first-order valence-electron chi connectivity index (χ1n) is 6.04. The third kappa shape index (κ3) is 6.28. The molecular weight excluding hydrogens is 266 g/mol. The molecule has 0 radical (unpaired) electrons. The smallest absolute Gasteiger partial charge is 0.323 e. The Hall–Kier alpha value is -1.96. The van der Waals surface area contributed by atoms with Crippen LogP contribution in [-0.4, -0.2) is 41.4 Å². The van der Waals surface area contributed by atoms with Gasteiger partial charge in [-0.3, -0.25) is 14.4 Å². The topological polar surface area (TPSA) is 105 Å². The van der Waals surface area contributed by atoms with Crippen LogP contribution in [0.2, 0.25) is 0 Å². The second kappa shape index (κ2) is 9.03. The van der Waals surface area contributed by atoms with Gasteiger partial charge in [0.15, 0.2) is 0 Å². The number of aliphatic carboxylic acids is 1. The molecule has 0 aromatic heterocycles. The predicted molar refractivity (Wildman–Crippen MR) is 68.5 cm³/mol. The molecule has 20 heavy (non-hydrogen) atoms. The van der Waals surface area contributed by atoms with Crippen LogP contribution in [-0.2, 0) is 25.8 Å². The maximum absolute atomic E-state index is 11.5. The Morgan fingerprint density at radius 3 is 2.55 bits per heavy atom. The van der Waals surface area contributed by atoms with Gasteiger partial charge in [-0.1, -0.05) is 30.3 Å². The van der Waals surface area contributed by atoms with E-state index in [0.717, 1.165) is 5.56 Å². The number of rotatable bonds is 9. The molecule has 0 spiro atoms. The van der Waals surface area contributed by atoms with Gasteiger partial charge in [-0.2, -0.15) is 5.48 Å². The molecular formula is C13H17NO6. The van der Waals surface area contributed by atoms with Crippen molar-refractivity contribution >= 4 is 11.9 Å². The number of nitrogens with one attached hydrogen (secondary N) is 1. The highest BCUT2D eigenvalue weighted by atomic mass is 16.7. The highest BCUT2D eigenvalue weighted by Crippen LogP contribution is 2.03. The van der Waals surface area contributed by atoms with Crippen molar-refractivity contribution in [3.05, 3.63) is 35.9 Å². The zero-order valence-electron chi connectivity index (χ0n) is 10.8. The second-order valence-electron chi connectivity index (χ2n) is 3.93. The van der Waals surface area contributed by atoms with Crippen LogP contribution in [0.25, 0.3) is 0 Å². The number of aliphatic hydroxyl groups excluding tert-OH is 1. The first kappa shape index (κ1) is 16.1. The largest absolute Gasteiger partial charge is 0.480 e. The maximum Gasteiger partial charge on any atom is 0.323 e. The summed E-state index contributed by atoms with van der Waals surface area (Å²) >= 11 is 0. The number of hydrogen-bond donors (Lipinski definition) is 3. The van der Waals surface area contributed by atoms with E-state index >= 15 is 0 Å². The number of carboxylic acid groups (broad SMARTS) is 1. The van der Waals surface area contributed by atoms with Gasteiger partial charge in [0, 0.05) is 0 Å². The molecule has 0 saturated carbocycles. The lowest BCUT2D eigenvalue weighted by molar-refractivity contribution is -0.154. The number of carboxylic acids is 1. The fourth-order valence-corrected chi connectivity index (χ4v) is 1.35. The quantitative estimate of drug-likeness (QED) is 0.335. The van der Waals surface area contributed by atoms with Crippen LogP contribution < -0.4 is 5.48 Å². The van der Waals surface area contributed by atoms with Crippen molar-refractivity contribution in [1.29, 1.82) is 0 Å². The molecule has 1 aromatic rings.